The summed E-state index contributed by atoms with van der Waals surface area (Å²) in [6, 6.07) is 8.85. The van der Waals surface area contributed by atoms with Gasteiger partial charge in [-0.2, -0.15) is 0 Å². The van der Waals surface area contributed by atoms with Gasteiger partial charge in [0.25, 0.3) is 0 Å². The number of carbonyl (C=O) groups is 2. The smallest absolute Gasteiger partial charge is 0.326 e. The average molecular weight is 312 g/mol. The molecule has 2 heterocycles. The number of benzene rings is 1. The molecule has 0 bridgehead atoms. The summed E-state index contributed by atoms with van der Waals surface area (Å²) in [6.07, 6.45) is 3.27. The molecule has 1 N–H and O–H groups in total. The van der Waals surface area contributed by atoms with Gasteiger partial charge in [-0.25, -0.2) is 4.79 Å². The molecule has 0 spiro atoms. The minimum Gasteiger partial charge on any atom is -0.480 e. The number of fused-ring (bicyclic) bond motifs is 1. The number of aliphatic carboxylic acids is 1. The van der Waals surface area contributed by atoms with Crippen LogP contribution in [-0.2, 0) is 16.0 Å². The molecule has 1 amide bonds. The Kier molecular flexibility index (Phi) is 4.28. The van der Waals surface area contributed by atoms with E-state index in [1.807, 2.05) is 37.3 Å². The Bertz CT molecular complexity index is 739. The fourth-order valence-electron chi connectivity index (χ4n) is 3.25. The highest BCUT2D eigenvalue weighted by molar-refractivity contribution is 5.89. The van der Waals surface area contributed by atoms with Crippen molar-refractivity contribution >= 4 is 22.8 Å². The van der Waals surface area contributed by atoms with E-state index in [1.165, 1.54) is 4.90 Å². The Morgan fingerprint density at radius 1 is 1.30 bits per heavy atom. The Labute approximate surface area is 134 Å². The molecular weight excluding hydrogens is 292 g/mol. The van der Waals surface area contributed by atoms with Crippen LogP contribution in [0.2, 0.25) is 0 Å². The van der Waals surface area contributed by atoms with E-state index < -0.39 is 12.0 Å². The molecule has 5 heteroatoms. The normalized spacial score (nSPS) is 21.3. The van der Waals surface area contributed by atoms with Gasteiger partial charge in [-0.15, -0.1) is 0 Å². The van der Waals surface area contributed by atoms with Crippen molar-refractivity contribution in [2.45, 2.75) is 32.2 Å². The van der Waals surface area contributed by atoms with Crippen LogP contribution in [-0.4, -0.2) is 39.5 Å². The molecular formula is C18H20N2O3. The summed E-state index contributed by atoms with van der Waals surface area (Å²) in [7, 11) is 0. The molecule has 2 aromatic rings. The average Bonchev–Trinajstić information content (AvgIpc) is 2.55. The van der Waals surface area contributed by atoms with Crippen LogP contribution in [0.5, 0.6) is 0 Å². The van der Waals surface area contributed by atoms with Gasteiger partial charge in [-0.3, -0.25) is 9.78 Å². The number of para-hydroxylation sites is 1. The van der Waals surface area contributed by atoms with Crippen LogP contribution in [0.3, 0.4) is 0 Å². The number of nitrogens with zero attached hydrogens (tertiary/aromatic N) is 2. The molecule has 1 fully saturated rings. The van der Waals surface area contributed by atoms with Gasteiger partial charge in [0, 0.05) is 18.1 Å². The van der Waals surface area contributed by atoms with E-state index in [2.05, 4.69) is 4.98 Å². The van der Waals surface area contributed by atoms with Gasteiger partial charge >= 0.3 is 5.97 Å². The van der Waals surface area contributed by atoms with E-state index in [-0.39, 0.29) is 12.3 Å². The minimum atomic E-state index is -0.916. The Morgan fingerprint density at radius 2 is 2.09 bits per heavy atom. The van der Waals surface area contributed by atoms with Crippen LogP contribution < -0.4 is 0 Å². The van der Waals surface area contributed by atoms with Gasteiger partial charge in [-0.05, 0) is 30.4 Å². The van der Waals surface area contributed by atoms with Crippen molar-refractivity contribution in [1.29, 1.82) is 0 Å². The van der Waals surface area contributed by atoms with Crippen molar-refractivity contribution in [2.24, 2.45) is 5.92 Å². The van der Waals surface area contributed by atoms with Crippen molar-refractivity contribution in [1.82, 2.24) is 9.88 Å². The van der Waals surface area contributed by atoms with Crippen molar-refractivity contribution in [3.63, 3.8) is 0 Å². The topological polar surface area (TPSA) is 70.5 Å². The molecule has 5 nitrogen and oxygen atoms in total. The number of piperidine rings is 1. The van der Waals surface area contributed by atoms with E-state index in [0.29, 0.717) is 18.9 Å². The van der Waals surface area contributed by atoms with Crippen molar-refractivity contribution in [3.8, 4) is 0 Å². The van der Waals surface area contributed by atoms with Crippen LogP contribution in [0.15, 0.2) is 36.5 Å². The third-order valence-electron chi connectivity index (χ3n) is 4.53. The lowest BCUT2D eigenvalue weighted by atomic mass is 9.92. The first-order chi connectivity index (χ1) is 11.1. The second-order valence-corrected chi connectivity index (χ2v) is 6.24. The molecule has 1 aromatic carbocycles. The molecule has 2 atom stereocenters. The SMILES string of the molecule is CC1CCN(C(=O)Cc2cccc3cccnc23)C(C(=O)O)C1. The molecule has 0 aliphatic carbocycles. The highest BCUT2D eigenvalue weighted by atomic mass is 16.4. The van der Waals surface area contributed by atoms with Crippen molar-refractivity contribution in [3.05, 3.63) is 42.1 Å². The Balaban J connectivity index is 1.84. The Hall–Kier alpha value is -2.43. The zero-order valence-electron chi connectivity index (χ0n) is 13.1. The van der Waals surface area contributed by atoms with Crippen LogP contribution in [0, 0.1) is 5.92 Å². The maximum atomic E-state index is 12.7. The summed E-state index contributed by atoms with van der Waals surface area (Å²) < 4.78 is 0. The highest BCUT2D eigenvalue weighted by Crippen LogP contribution is 2.24. The van der Waals surface area contributed by atoms with Gasteiger partial charge in [-0.1, -0.05) is 31.2 Å². The zero-order chi connectivity index (χ0) is 16.4. The number of carbonyl (C=O) groups excluding carboxylic acids is 1. The summed E-state index contributed by atoms with van der Waals surface area (Å²) in [4.78, 5) is 30.0. The highest BCUT2D eigenvalue weighted by Gasteiger charge is 2.34. The number of carboxylic acids is 1. The van der Waals surface area contributed by atoms with E-state index >= 15 is 0 Å². The number of hydrogen-bond acceptors (Lipinski definition) is 3. The largest absolute Gasteiger partial charge is 0.480 e. The summed E-state index contributed by atoms with van der Waals surface area (Å²) in [5, 5.41) is 10.4. The molecule has 1 aromatic heterocycles. The minimum absolute atomic E-state index is 0.137. The lowest BCUT2D eigenvalue weighted by Crippen LogP contribution is -2.50. The number of amides is 1. The lowest BCUT2D eigenvalue weighted by Gasteiger charge is -2.36. The molecule has 1 aliphatic heterocycles. The van der Waals surface area contributed by atoms with Crippen LogP contribution >= 0.6 is 0 Å². The van der Waals surface area contributed by atoms with Gasteiger partial charge < -0.3 is 10.0 Å². The van der Waals surface area contributed by atoms with Crippen LogP contribution in [0.25, 0.3) is 10.9 Å². The number of aromatic nitrogens is 1. The maximum Gasteiger partial charge on any atom is 0.326 e. The number of pyridine rings is 1. The van der Waals surface area contributed by atoms with Crippen molar-refractivity contribution < 1.29 is 14.7 Å². The summed E-state index contributed by atoms with van der Waals surface area (Å²) in [5.74, 6) is -0.720. The number of likely N-dealkylation sites (tertiary alicyclic amines) is 1. The number of carboxylic acid groups (broad SMARTS) is 1. The fraction of sp³-hybridized carbons (Fsp3) is 0.389. The van der Waals surface area contributed by atoms with Gasteiger partial charge in [0.15, 0.2) is 0 Å². The fourth-order valence-corrected chi connectivity index (χ4v) is 3.25. The quantitative estimate of drug-likeness (QED) is 0.945. The first-order valence-electron chi connectivity index (χ1n) is 7.91. The van der Waals surface area contributed by atoms with Gasteiger partial charge in [0.2, 0.25) is 5.91 Å². The maximum absolute atomic E-state index is 12.7. The second-order valence-electron chi connectivity index (χ2n) is 6.24. The summed E-state index contributed by atoms with van der Waals surface area (Å²) in [5.41, 5.74) is 1.65. The standard InChI is InChI=1S/C18H20N2O3/c1-12-7-9-20(15(10-12)18(22)23)16(21)11-14-5-2-4-13-6-3-8-19-17(13)14/h2-6,8,12,15H,7,9-11H2,1H3,(H,22,23). The number of hydrogen-bond donors (Lipinski definition) is 1. The molecule has 23 heavy (non-hydrogen) atoms. The predicted molar refractivity (Wildman–Crippen MR) is 87.0 cm³/mol. The first kappa shape index (κ1) is 15.5. The summed E-state index contributed by atoms with van der Waals surface area (Å²) in [6.45, 7) is 2.54. The van der Waals surface area contributed by atoms with E-state index in [0.717, 1.165) is 22.9 Å². The van der Waals surface area contributed by atoms with Gasteiger partial charge in [0.1, 0.15) is 6.04 Å². The lowest BCUT2D eigenvalue weighted by molar-refractivity contribution is -0.152. The number of rotatable bonds is 3. The van der Waals surface area contributed by atoms with Gasteiger partial charge in [0.05, 0.1) is 11.9 Å². The molecule has 1 aliphatic rings. The van der Waals surface area contributed by atoms with Crippen molar-refractivity contribution in [2.75, 3.05) is 6.54 Å². The molecule has 120 valence electrons. The van der Waals surface area contributed by atoms with E-state index in [4.69, 9.17) is 0 Å². The monoisotopic (exact) mass is 312 g/mol. The third kappa shape index (κ3) is 3.18. The van der Waals surface area contributed by atoms with E-state index in [9.17, 15) is 14.7 Å². The third-order valence-corrected chi connectivity index (χ3v) is 4.53. The molecule has 1 saturated heterocycles. The second kappa shape index (κ2) is 6.36. The first-order valence-corrected chi connectivity index (χ1v) is 7.91. The molecule has 0 radical (unpaired) electrons. The summed E-state index contributed by atoms with van der Waals surface area (Å²) >= 11 is 0. The zero-order valence-corrected chi connectivity index (χ0v) is 13.1. The van der Waals surface area contributed by atoms with E-state index in [1.54, 1.807) is 6.20 Å². The van der Waals surface area contributed by atoms with Crippen LogP contribution in [0.1, 0.15) is 25.3 Å². The molecule has 2 unspecified atom stereocenters. The predicted octanol–water partition coefficient (Wildman–Crippen LogP) is 2.49. The Morgan fingerprint density at radius 3 is 2.87 bits per heavy atom. The molecule has 3 rings (SSSR count). The van der Waals surface area contributed by atoms with Crippen LogP contribution in [0.4, 0.5) is 0 Å². The molecule has 0 saturated carbocycles.